The summed E-state index contributed by atoms with van der Waals surface area (Å²) in [7, 11) is 3.92. The Bertz CT molecular complexity index is 615. The molecule has 2 heterocycles. The van der Waals surface area contributed by atoms with Gasteiger partial charge in [0.1, 0.15) is 5.75 Å². The molecule has 1 aromatic heterocycles. The Kier molecular flexibility index (Phi) is 5.36. The van der Waals surface area contributed by atoms with Gasteiger partial charge in [-0.1, -0.05) is 6.07 Å². The van der Waals surface area contributed by atoms with Crippen molar-refractivity contribution < 1.29 is 4.74 Å². The summed E-state index contributed by atoms with van der Waals surface area (Å²) < 4.78 is 7.61. The van der Waals surface area contributed by atoms with Gasteiger partial charge in [0.2, 0.25) is 0 Å². The number of rotatable bonds is 6. The van der Waals surface area contributed by atoms with Crippen molar-refractivity contribution in [2.75, 3.05) is 46.9 Å². The predicted molar refractivity (Wildman–Crippen MR) is 94.6 cm³/mol. The Hall–Kier alpha value is -1.78. The van der Waals surface area contributed by atoms with Gasteiger partial charge in [0, 0.05) is 49.8 Å². The summed E-state index contributed by atoms with van der Waals surface area (Å²) in [4.78, 5) is 4.99. The second-order valence-corrected chi connectivity index (χ2v) is 6.32. The van der Waals surface area contributed by atoms with E-state index in [0.717, 1.165) is 12.2 Å². The number of hydrogen-bond acceptors (Lipinski definition) is 3. The van der Waals surface area contributed by atoms with Gasteiger partial charge in [-0.05, 0) is 50.7 Å². The number of likely N-dealkylation sites (N-methyl/N-ethyl adjacent to an activating group) is 1. The molecule has 124 valence electrons. The molecule has 0 atom stereocenters. The largest absolute Gasteiger partial charge is 0.497 e. The minimum absolute atomic E-state index is 0.902. The molecule has 0 spiro atoms. The van der Waals surface area contributed by atoms with E-state index in [-0.39, 0.29) is 0 Å². The Labute approximate surface area is 139 Å². The topological polar surface area (TPSA) is 20.6 Å². The van der Waals surface area contributed by atoms with Crippen LogP contribution in [0.1, 0.15) is 12.1 Å². The molecule has 0 saturated carbocycles. The van der Waals surface area contributed by atoms with Crippen molar-refractivity contribution in [2.24, 2.45) is 0 Å². The standard InChI is InChI=1S/C19H27N3O/c1-20-12-14-21(15-13-20)10-4-7-17-8-5-11-22(17)18-6-3-9-19(16-18)23-2/h3,5-6,8-9,11,16H,4,7,10,12-15H2,1-2H3. The zero-order valence-electron chi connectivity index (χ0n) is 14.2. The monoisotopic (exact) mass is 313 g/mol. The molecule has 0 unspecified atom stereocenters. The number of hydrogen-bond donors (Lipinski definition) is 0. The van der Waals surface area contributed by atoms with Gasteiger partial charge in [-0.15, -0.1) is 0 Å². The van der Waals surface area contributed by atoms with Gasteiger partial charge in [-0.3, -0.25) is 0 Å². The lowest BCUT2D eigenvalue weighted by Crippen LogP contribution is -2.44. The molecule has 1 aromatic carbocycles. The van der Waals surface area contributed by atoms with Crippen LogP contribution in [0.5, 0.6) is 5.75 Å². The normalized spacial score (nSPS) is 16.6. The highest BCUT2D eigenvalue weighted by atomic mass is 16.5. The van der Waals surface area contributed by atoms with Crippen LogP contribution in [0.4, 0.5) is 0 Å². The molecular formula is C19H27N3O. The van der Waals surface area contributed by atoms with Crippen molar-refractivity contribution in [3.05, 3.63) is 48.3 Å². The minimum Gasteiger partial charge on any atom is -0.497 e. The lowest BCUT2D eigenvalue weighted by Gasteiger charge is -2.32. The van der Waals surface area contributed by atoms with E-state index in [0.29, 0.717) is 0 Å². The maximum Gasteiger partial charge on any atom is 0.120 e. The van der Waals surface area contributed by atoms with Crippen LogP contribution in [0.2, 0.25) is 0 Å². The first-order valence-electron chi connectivity index (χ1n) is 8.48. The van der Waals surface area contributed by atoms with E-state index in [1.165, 1.54) is 50.5 Å². The highest BCUT2D eigenvalue weighted by Crippen LogP contribution is 2.19. The van der Waals surface area contributed by atoms with Crippen LogP contribution < -0.4 is 4.74 Å². The summed E-state index contributed by atoms with van der Waals surface area (Å²) in [5, 5.41) is 0. The van der Waals surface area contributed by atoms with E-state index in [1.54, 1.807) is 7.11 Å². The summed E-state index contributed by atoms with van der Waals surface area (Å²) in [5.41, 5.74) is 2.54. The molecule has 1 saturated heterocycles. The summed E-state index contributed by atoms with van der Waals surface area (Å²) >= 11 is 0. The third kappa shape index (κ3) is 4.15. The summed E-state index contributed by atoms with van der Waals surface area (Å²) in [5.74, 6) is 0.902. The highest BCUT2D eigenvalue weighted by Gasteiger charge is 2.13. The average Bonchev–Trinajstić information content (AvgIpc) is 3.05. The number of methoxy groups -OCH3 is 1. The first kappa shape index (κ1) is 16.1. The molecule has 3 rings (SSSR count). The molecule has 2 aromatic rings. The number of aromatic nitrogens is 1. The molecule has 4 nitrogen and oxygen atoms in total. The summed E-state index contributed by atoms with van der Waals surface area (Å²) in [6, 6.07) is 12.6. The third-order valence-electron chi connectivity index (χ3n) is 4.67. The van der Waals surface area contributed by atoms with E-state index in [9.17, 15) is 0 Å². The van der Waals surface area contributed by atoms with E-state index in [2.05, 4.69) is 51.9 Å². The van der Waals surface area contributed by atoms with Gasteiger partial charge in [0.05, 0.1) is 7.11 Å². The SMILES string of the molecule is COc1cccc(-n2cccc2CCCN2CCN(C)CC2)c1. The van der Waals surface area contributed by atoms with Crippen molar-refractivity contribution in [1.29, 1.82) is 0 Å². The zero-order chi connectivity index (χ0) is 16.1. The van der Waals surface area contributed by atoms with Gasteiger partial charge < -0.3 is 19.1 Å². The van der Waals surface area contributed by atoms with Crippen LogP contribution in [0.3, 0.4) is 0 Å². The lowest BCUT2D eigenvalue weighted by molar-refractivity contribution is 0.153. The van der Waals surface area contributed by atoms with Crippen LogP contribution in [0, 0.1) is 0 Å². The second kappa shape index (κ2) is 7.66. The predicted octanol–water partition coefficient (Wildman–Crippen LogP) is 2.67. The van der Waals surface area contributed by atoms with Crippen LogP contribution >= 0.6 is 0 Å². The molecular weight excluding hydrogens is 286 g/mol. The van der Waals surface area contributed by atoms with Crippen molar-refractivity contribution >= 4 is 0 Å². The van der Waals surface area contributed by atoms with Crippen molar-refractivity contribution in [1.82, 2.24) is 14.4 Å². The quantitative estimate of drug-likeness (QED) is 0.818. The molecule has 0 amide bonds. The number of piperazine rings is 1. The van der Waals surface area contributed by atoms with Gasteiger partial charge in [0.15, 0.2) is 0 Å². The molecule has 0 bridgehead atoms. The van der Waals surface area contributed by atoms with Crippen molar-refractivity contribution in [3.63, 3.8) is 0 Å². The zero-order valence-corrected chi connectivity index (χ0v) is 14.2. The number of ether oxygens (including phenoxy) is 1. The van der Waals surface area contributed by atoms with Crippen LogP contribution in [0.25, 0.3) is 5.69 Å². The Balaban J connectivity index is 1.58. The Morgan fingerprint density at radius 2 is 1.87 bits per heavy atom. The van der Waals surface area contributed by atoms with Gasteiger partial charge in [0.25, 0.3) is 0 Å². The smallest absolute Gasteiger partial charge is 0.120 e. The first-order chi connectivity index (χ1) is 11.3. The molecule has 1 fully saturated rings. The highest BCUT2D eigenvalue weighted by molar-refractivity contribution is 5.41. The average molecular weight is 313 g/mol. The minimum atomic E-state index is 0.902. The van der Waals surface area contributed by atoms with Crippen molar-refractivity contribution in [2.45, 2.75) is 12.8 Å². The van der Waals surface area contributed by atoms with E-state index in [4.69, 9.17) is 4.74 Å². The fourth-order valence-electron chi connectivity index (χ4n) is 3.19. The maximum absolute atomic E-state index is 5.34. The summed E-state index contributed by atoms with van der Waals surface area (Å²) in [6.45, 7) is 5.98. The van der Waals surface area contributed by atoms with Crippen LogP contribution in [0.15, 0.2) is 42.6 Å². The van der Waals surface area contributed by atoms with Gasteiger partial charge >= 0.3 is 0 Å². The summed E-state index contributed by atoms with van der Waals surface area (Å²) in [6.07, 6.45) is 4.45. The van der Waals surface area contributed by atoms with E-state index >= 15 is 0 Å². The van der Waals surface area contributed by atoms with E-state index < -0.39 is 0 Å². The second-order valence-electron chi connectivity index (χ2n) is 6.32. The van der Waals surface area contributed by atoms with Gasteiger partial charge in [-0.25, -0.2) is 0 Å². The molecule has 0 aliphatic carbocycles. The molecule has 1 aliphatic heterocycles. The lowest BCUT2D eigenvalue weighted by atomic mass is 10.2. The fraction of sp³-hybridized carbons (Fsp3) is 0.474. The third-order valence-corrected chi connectivity index (χ3v) is 4.67. The van der Waals surface area contributed by atoms with Crippen LogP contribution in [-0.4, -0.2) is 61.2 Å². The number of aryl methyl sites for hydroxylation is 1. The van der Waals surface area contributed by atoms with Gasteiger partial charge in [-0.2, -0.15) is 0 Å². The molecule has 0 N–H and O–H groups in total. The van der Waals surface area contributed by atoms with Crippen LogP contribution in [-0.2, 0) is 6.42 Å². The fourth-order valence-corrected chi connectivity index (χ4v) is 3.19. The van der Waals surface area contributed by atoms with E-state index in [1.807, 2.05) is 12.1 Å². The molecule has 1 aliphatic rings. The maximum atomic E-state index is 5.34. The van der Waals surface area contributed by atoms with Crippen molar-refractivity contribution in [3.8, 4) is 11.4 Å². The molecule has 4 heteroatoms. The Morgan fingerprint density at radius 3 is 2.65 bits per heavy atom. The number of nitrogens with zero attached hydrogens (tertiary/aromatic N) is 3. The first-order valence-corrected chi connectivity index (χ1v) is 8.48. The molecule has 23 heavy (non-hydrogen) atoms. The molecule has 0 radical (unpaired) electrons. The number of benzene rings is 1. The Morgan fingerprint density at radius 1 is 1.04 bits per heavy atom.